The average Bonchev–Trinajstić information content (AvgIpc) is 2.83. The second-order valence-electron chi connectivity index (χ2n) is 9.54. The molecule has 0 saturated carbocycles. The van der Waals surface area contributed by atoms with Gasteiger partial charge < -0.3 is 18.8 Å². The third-order valence-electron chi connectivity index (χ3n) is 6.12. The molecule has 6 heteroatoms. The molecule has 2 aromatic rings. The Hall–Kier alpha value is -3.02. The maximum Gasteiger partial charge on any atom is 0.308 e. The third kappa shape index (κ3) is 8.89. The number of allylic oxidation sites excluding steroid dienone is 3. The SMILES string of the molecule is CCCCCCCCn1c(=O)c(OC(C)=O)c(OC/C=C(\C)CCC=C(C)C)c2ccc(OC)cc21. The standard InChI is InChI=1S/C30H43NO5/c1-7-8-9-10-11-12-19-31-27-21-25(34-6)16-17-26(27)28(29(30(31)33)36-24(5)32)35-20-18-23(4)15-13-14-22(2)3/h14,16-18,21H,7-13,15,19-20H2,1-6H3/b23-18+. The van der Waals surface area contributed by atoms with Gasteiger partial charge in [-0.05, 0) is 58.2 Å². The van der Waals surface area contributed by atoms with Crippen LogP contribution in [0.3, 0.4) is 0 Å². The van der Waals surface area contributed by atoms with Gasteiger partial charge in [-0.3, -0.25) is 9.59 Å². The van der Waals surface area contributed by atoms with Gasteiger partial charge in [0.05, 0.1) is 12.6 Å². The predicted octanol–water partition coefficient (Wildman–Crippen LogP) is 7.37. The van der Waals surface area contributed by atoms with Gasteiger partial charge in [-0.2, -0.15) is 0 Å². The number of esters is 1. The summed E-state index contributed by atoms with van der Waals surface area (Å²) in [5.74, 6) is 0.339. The number of carbonyl (C=O) groups excluding carboxylic acids is 1. The summed E-state index contributed by atoms with van der Waals surface area (Å²) in [6.07, 6.45) is 12.8. The fourth-order valence-electron chi connectivity index (χ4n) is 4.11. The molecule has 0 saturated heterocycles. The van der Waals surface area contributed by atoms with Crippen molar-refractivity contribution in [3.05, 3.63) is 51.9 Å². The minimum atomic E-state index is -0.552. The number of nitrogens with zero attached hydrogens (tertiary/aromatic N) is 1. The fraction of sp³-hybridized carbons (Fsp3) is 0.533. The van der Waals surface area contributed by atoms with Crippen molar-refractivity contribution >= 4 is 16.9 Å². The molecule has 1 aromatic heterocycles. The van der Waals surface area contributed by atoms with Crippen molar-refractivity contribution in [2.24, 2.45) is 0 Å². The van der Waals surface area contributed by atoms with E-state index in [4.69, 9.17) is 14.2 Å². The Morgan fingerprint density at radius 2 is 1.69 bits per heavy atom. The van der Waals surface area contributed by atoms with Gasteiger partial charge >= 0.3 is 5.97 Å². The second-order valence-corrected chi connectivity index (χ2v) is 9.54. The van der Waals surface area contributed by atoms with E-state index in [1.165, 1.54) is 37.3 Å². The Labute approximate surface area is 215 Å². The molecule has 2 rings (SSSR count). The zero-order valence-electron chi connectivity index (χ0n) is 22.9. The quantitative estimate of drug-likeness (QED) is 0.146. The van der Waals surface area contributed by atoms with Gasteiger partial charge in [0.2, 0.25) is 5.75 Å². The van der Waals surface area contributed by atoms with Crippen molar-refractivity contribution in [1.82, 2.24) is 4.57 Å². The normalized spacial score (nSPS) is 11.4. The molecule has 6 nitrogen and oxygen atoms in total. The van der Waals surface area contributed by atoms with Crippen LogP contribution in [0.15, 0.2) is 46.3 Å². The smallest absolute Gasteiger partial charge is 0.308 e. The van der Waals surface area contributed by atoms with Gasteiger partial charge in [0.25, 0.3) is 5.56 Å². The summed E-state index contributed by atoms with van der Waals surface area (Å²) in [5.41, 5.74) is 2.85. The first-order valence-electron chi connectivity index (χ1n) is 13.1. The number of unbranched alkanes of at least 4 members (excludes halogenated alkanes) is 5. The molecule has 0 unspecified atom stereocenters. The lowest BCUT2D eigenvalue weighted by Gasteiger charge is -2.18. The molecular weight excluding hydrogens is 454 g/mol. The summed E-state index contributed by atoms with van der Waals surface area (Å²) in [6.45, 7) is 10.6. The molecule has 0 amide bonds. The van der Waals surface area contributed by atoms with Crippen LogP contribution in [0.2, 0.25) is 0 Å². The van der Waals surface area contributed by atoms with Crippen molar-refractivity contribution in [1.29, 1.82) is 0 Å². The van der Waals surface area contributed by atoms with E-state index in [1.54, 1.807) is 11.7 Å². The van der Waals surface area contributed by atoms with Crippen LogP contribution in [0, 0.1) is 0 Å². The molecule has 0 fully saturated rings. The van der Waals surface area contributed by atoms with Crippen LogP contribution in [0.1, 0.15) is 86.0 Å². The summed E-state index contributed by atoms with van der Waals surface area (Å²) in [7, 11) is 1.60. The summed E-state index contributed by atoms with van der Waals surface area (Å²) in [5, 5.41) is 0.716. The highest BCUT2D eigenvalue weighted by Crippen LogP contribution is 2.35. The van der Waals surface area contributed by atoms with Crippen LogP contribution < -0.4 is 19.8 Å². The van der Waals surface area contributed by atoms with Crippen LogP contribution in [0.4, 0.5) is 0 Å². The van der Waals surface area contributed by atoms with E-state index in [9.17, 15) is 9.59 Å². The zero-order valence-corrected chi connectivity index (χ0v) is 22.9. The Morgan fingerprint density at radius 1 is 0.972 bits per heavy atom. The minimum absolute atomic E-state index is 0.0539. The first kappa shape index (κ1) is 29.2. The second kappa shape index (κ2) is 15.2. The van der Waals surface area contributed by atoms with Gasteiger partial charge in [0, 0.05) is 24.9 Å². The van der Waals surface area contributed by atoms with Crippen molar-refractivity contribution in [3.63, 3.8) is 0 Å². The largest absolute Gasteiger partial charge is 0.497 e. The zero-order chi connectivity index (χ0) is 26.5. The van der Waals surface area contributed by atoms with E-state index in [2.05, 4.69) is 33.8 Å². The molecule has 0 atom stereocenters. The lowest BCUT2D eigenvalue weighted by atomic mass is 10.1. The number of ether oxygens (including phenoxy) is 3. The molecule has 0 N–H and O–H groups in total. The summed E-state index contributed by atoms with van der Waals surface area (Å²) >= 11 is 0. The molecule has 36 heavy (non-hydrogen) atoms. The van der Waals surface area contributed by atoms with Crippen LogP contribution in [-0.4, -0.2) is 24.3 Å². The van der Waals surface area contributed by atoms with Crippen molar-refractivity contribution in [2.45, 2.75) is 92.5 Å². The highest BCUT2D eigenvalue weighted by molar-refractivity contribution is 5.90. The Bertz CT molecular complexity index is 1120. The predicted molar refractivity (Wildman–Crippen MR) is 147 cm³/mol. The number of aromatic nitrogens is 1. The first-order valence-corrected chi connectivity index (χ1v) is 13.1. The van der Waals surface area contributed by atoms with Crippen LogP contribution in [-0.2, 0) is 11.3 Å². The van der Waals surface area contributed by atoms with E-state index in [-0.39, 0.29) is 17.9 Å². The average molecular weight is 498 g/mol. The van der Waals surface area contributed by atoms with Gasteiger partial charge in [-0.25, -0.2) is 0 Å². The number of rotatable bonds is 15. The molecule has 1 aromatic carbocycles. The lowest BCUT2D eigenvalue weighted by Crippen LogP contribution is -2.25. The fourth-order valence-corrected chi connectivity index (χ4v) is 4.11. The van der Waals surface area contributed by atoms with Gasteiger partial charge in [-0.15, -0.1) is 0 Å². The molecule has 198 valence electrons. The topological polar surface area (TPSA) is 66.8 Å². The van der Waals surface area contributed by atoms with Crippen LogP contribution in [0.25, 0.3) is 10.9 Å². The highest BCUT2D eigenvalue weighted by atomic mass is 16.6. The first-order chi connectivity index (χ1) is 17.3. The van der Waals surface area contributed by atoms with Crippen LogP contribution in [0.5, 0.6) is 17.2 Å². The lowest BCUT2D eigenvalue weighted by molar-refractivity contribution is -0.132. The van der Waals surface area contributed by atoms with Gasteiger partial charge in [0.15, 0.2) is 5.75 Å². The number of aryl methyl sites for hydroxylation is 1. The van der Waals surface area contributed by atoms with Crippen LogP contribution >= 0.6 is 0 Å². The maximum absolute atomic E-state index is 13.6. The van der Waals surface area contributed by atoms with Crippen molar-refractivity contribution in [3.8, 4) is 17.2 Å². The third-order valence-corrected chi connectivity index (χ3v) is 6.12. The summed E-state index contributed by atoms with van der Waals surface area (Å²) < 4.78 is 18.7. The molecular formula is C30H43NO5. The molecule has 0 aliphatic carbocycles. The Kier molecular flexibility index (Phi) is 12.3. The minimum Gasteiger partial charge on any atom is -0.497 e. The Morgan fingerprint density at radius 3 is 2.36 bits per heavy atom. The van der Waals surface area contributed by atoms with E-state index >= 15 is 0 Å². The summed E-state index contributed by atoms with van der Waals surface area (Å²) in [6, 6.07) is 5.53. The van der Waals surface area contributed by atoms with E-state index in [0.717, 1.165) is 32.1 Å². The van der Waals surface area contributed by atoms with E-state index < -0.39 is 5.97 Å². The number of carbonyl (C=O) groups is 1. The molecule has 0 aliphatic heterocycles. The van der Waals surface area contributed by atoms with E-state index in [0.29, 0.717) is 28.9 Å². The highest BCUT2D eigenvalue weighted by Gasteiger charge is 2.21. The van der Waals surface area contributed by atoms with Gasteiger partial charge in [0.1, 0.15) is 12.4 Å². The van der Waals surface area contributed by atoms with E-state index in [1.807, 2.05) is 24.3 Å². The Balaban J connectivity index is 2.41. The van der Waals surface area contributed by atoms with Gasteiger partial charge in [-0.1, -0.05) is 56.3 Å². The molecule has 0 aliphatic rings. The molecule has 0 radical (unpaired) electrons. The number of hydrogen-bond acceptors (Lipinski definition) is 5. The maximum atomic E-state index is 13.6. The number of methoxy groups -OCH3 is 1. The monoisotopic (exact) mass is 497 g/mol. The number of pyridine rings is 1. The molecule has 1 heterocycles. The summed E-state index contributed by atoms with van der Waals surface area (Å²) in [4.78, 5) is 25.5. The van der Waals surface area contributed by atoms with Crippen molar-refractivity contribution < 1.29 is 19.0 Å². The van der Waals surface area contributed by atoms with Crippen molar-refractivity contribution in [2.75, 3.05) is 13.7 Å². The molecule has 0 bridgehead atoms. The number of fused-ring (bicyclic) bond motifs is 1. The number of hydrogen-bond donors (Lipinski definition) is 0. The number of benzene rings is 1. The molecule has 0 spiro atoms.